The Morgan fingerprint density at radius 1 is 1.08 bits per heavy atom. The summed E-state index contributed by atoms with van der Waals surface area (Å²) < 4.78 is 2.08. The van der Waals surface area contributed by atoms with E-state index in [0.717, 1.165) is 29.3 Å². The predicted molar refractivity (Wildman–Crippen MR) is 95.0 cm³/mol. The van der Waals surface area contributed by atoms with Crippen molar-refractivity contribution in [2.75, 3.05) is 0 Å². The number of carboxylic acid groups (broad SMARTS) is 1. The van der Waals surface area contributed by atoms with Gasteiger partial charge < -0.3 is 15.0 Å². The molecule has 0 fully saturated rings. The van der Waals surface area contributed by atoms with Gasteiger partial charge in [-0.3, -0.25) is 4.79 Å². The van der Waals surface area contributed by atoms with E-state index in [4.69, 9.17) is 5.11 Å². The topological polar surface area (TPSA) is 110 Å². The van der Waals surface area contributed by atoms with Gasteiger partial charge in [-0.15, -0.1) is 0 Å². The zero-order valence-electron chi connectivity index (χ0n) is 14.7. The van der Waals surface area contributed by atoms with Crippen LogP contribution in [0.4, 0.5) is 0 Å². The van der Waals surface area contributed by atoms with Gasteiger partial charge >= 0.3 is 5.97 Å². The van der Waals surface area contributed by atoms with Crippen LogP contribution in [-0.2, 0) is 0 Å². The van der Waals surface area contributed by atoms with Crippen molar-refractivity contribution in [2.24, 2.45) is 0 Å². The van der Waals surface area contributed by atoms with Gasteiger partial charge in [0, 0.05) is 6.04 Å². The number of aromatic carboxylic acids is 1. The quantitative estimate of drug-likeness (QED) is 0.729. The zero-order chi connectivity index (χ0) is 18.8. The maximum absolute atomic E-state index is 12.4. The molecule has 8 heteroatoms. The first kappa shape index (κ1) is 17.5. The van der Waals surface area contributed by atoms with Crippen LogP contribution in [0.1, 0.15) is 59.7 Å². The number of carboxylic acids is 1. The highest BCUT2D eigenvalue weighted by Crippen LogP contribution is 2.24. The predicted octanol–water partition coefficient (Wildman–Crippen LogP) is 2.60. The molecule has 0 aliphatic rings. The summed E-state index contributed by atoms with van der Waals surface area (Å²) in [4.78, 5) is 35.5. The summed E-state index contributed by atoms with van der Waals surface area (Å²) in [6, 6.07) is 7.62. The second kappa shape index (κ2) is 6.91. The molecular formula is C18H19N5O3. The molecule has 8 nitrogen and oxygen atoms in total. The van der Waals surface area contributed by atoms with Crippen molar-refractivity contribution in [2.45, 2.75) is 32.9 Å². The second-order valence-corrected chi connectivity index (χ2v) is 6.21. The number of benzene rings is 1. The smallest absolute Gasteiger partial charge is 0.356 e. The molecule has 134 valence electrons. The van der Waals surface area contributed by atoms with E-state index < -0.39 is 11.9 Å². The van der Waals surface area contributed by atoms with Crippen LogP contribution in [0.3, 0.4) is 0 Å². The molecule has 3 aromatic rings. The summed E-state index contributed by atoms with van der Waals surface area (Å²) >= 11 is 0. The van der Waals surface area contributed by atoms with Crippen LogP contribution in [0.2, 0.25) is 0 Å². The van der Waals surface area contributed by atoms with Crippen LogP contribution in [0, 0.1) is 0 Å². The molecule has 1 unspecified atom stereocenters. The summed E-state index contributed by atoms with van der Waals surface area (Å²) in [6.45, 7) is 5.96. The third kappa shape index (κ3) is 3.26. The molecule has 1 amide bonds. The first-order valence-corrected chi connectivity index (χ1v) is 8.21. The molecule has 1 atom stereocenters. The lowest BCUT2D eigenvalue weighted by Crippen LogP contribution is -2.30. The fraction of sp³-hybridized carbons (Fsp3) is 0.278. The molecule has 1 aromatic carbocycles. The van der Waals surface area contributed by atoms with E-state index in [9.17, 15) is 9.59 Å². The van der Waals surface area contributed by atoms with E-state index in [2.05, 4.69) is 38.7 Å². The number of aromatic nitrogens is 4. The first-order valence-electron chi connectivity index (χ1n) is 8.21. The number of nitrogens with zero attached hydrogens (tertiary/aromatic N) is 4. The number of carbonyl (C=O) groups excluding carboxylic acids is 1. The van der Waals surface area contributed by atoms with Gasteiger partial charge in [0.25, 0.3) is 5.91 Å². The zero-order valence-corrected chi connectivity index (χ0v) is 14.7. The van der Waals surface area contributed by atoms with E-state index in [0.29, 0.717) is 0 Å². The Balaban J connectivity index is 1.86. The lowest BCUT2D eigenvalue weighted by Gasteiger charge is -2.18. The molecule has 0 aliphatic carbocycles. The van der Waals surface area contributed by atoms with E-state index in [1.165, 1.54) is 0 Å². The number of rotatable bonds is 5. The molecular weight excluding hydrogens is 334 g/mol. The van der Waals surface area contributed by atoms with E-state index in [-0.39, 0.29) is 23.5 Å². The van der Waals surface area contributed by atoms with E-state index in [1.54, 1.807) is 0 Å². The highest BCUT2D eigenvalue weighted by Gasteiger charge is 2.21. The Morgan fingerprint density at radius 2 is 1.73 bits per heavy atom. The number of amides is 1. The molecule has 0 aliphatic heterocycles. The number of carbonyl (C=O) groups is 2. The molecule has 2 aromatic heterocycles. The van der Waals surface area contributed by atoms with Crippen molar-refractivity contribution >= 4 is 22.9 Å². The monoisotopic (exact) mass is 353 g/mol. The Hall–Kier alpha value is -3.29. The Bertz CT molecular complexity index is 963. The summed E-state index contributed by atoms with van der Waals surface area (Å²) in [6.07, 6.45) is 2.21. The lowest BCUT2D eigenvalue weighted by molar-refractivity contribution is 0.0689. The Morgan fingerprint density at radius 3 is 2.35 bits per heavy atom. The SMILES string of the molecule is CC(NC(=O)c1cnc(C(=O)O)cn1)c1nc2ccccc2n1C(C)C. The Labute approximate surface area is 149 Å². The fourth-order valence-electron chi connectivity index (χ4n) is 2.80. The third-order valence-electron chi connectivity index (χ3n) is 3.98. The van der Waals surface area contributed by atoms with Gasteiger partial charge in [-0.2, -0.15) is 0 Å². The fourth-order valence-corrected chi connectivity index (χ4v) is 2.80. The van der Waals surface area contributed by atoms with Crippen molar-refractivity contribution in [3.05, 3.63) is 53.9 Å². The summed E-state index contributed by atoms with van der Waals surface area (Å²) in [7, 11) is 0. The lowest BCUT2D eigenvalue weighted by atomic mass is 10.2. The normalized spacial score (nSPS) is 12.3. The minimum Gasteiger partial charge on any atom is -0.476 e. The van der Waals surface area contributed by atoms with Crippen LogP contribution in [0.25, 0.3) is 11.0 Å². The number of hydrogen-bond donors (Lipinski definition) is 2. The van der Waals surface area contributed by atoms with Crippen molar-refractivity contribution in [3.8, 4) is 0 Å². The van der Waals surface area contributed by atoms with Gasteiger partial charge in [0.15, 0.2) is 5.69 Å². The van der Waals surface area contributed by atoms with Crippen molar-refractivity contribution in [3.63, 3.8) is 0 Å². The van der Waals surface area contributed by atoms with Crippen LogP contribution in [0.15, 0.2) is 36.7 Å². The van der Waals surface area contributed by atoms with Crippen molar-refractivity contribution < 1.29 is 14.7 Å². The maximum atomic E-state index is 12.4. The summed E-state index contributed by atoms with van der Waals surface area (Å²) in [5.74, 6) is -0.891. The standard InChI is InChI=1S/C18H19N5O3/c1-10(2)23-15-7-5-4-6-12(15)22-16(23)11(3)21-17(24)13-8-20-14(9-19-13)18(25)26/h4-11H,1-3H3,(H,21,24)(H,25,26). The van der Waals surface area contributed by atoms with Crippen LogP contribution >= 0.6 is 0 Å². The third-order valence-corrected chi connectivity index (χ3v) is 3.98. The molecule has 2 heterocycles. The number of fused-ring (bicyclic) bond motifs is 1. The molecule has 2 N–H and O–H groups in total. The summed E-state index contributed by atoms with van der Waals surface area (Å²) in [5, 5.41) is 11.7. The number of nitrogens with one attached hydrogen (secondary N) is 1. The minimum absolute atomic E-state index is 0.0501. The number of hydrogen-bond acceptors (Lipinski definition) is 5. The van der Waals surface area contributed by atoms with Crippen LogP contribution < -0.4 is 5.32 Å². The van der Waals surface area contributed by atoms with Gasteiger partial charge in [0.2, 0.25) is 0 Å². The van der Waals surface area contributed by atoms with E-state index in [1.807, 2.05) is 31.2 Å². The van der Waals surface area contributed by atoms with Crippen LogP contribution in [0.5, 0.6) is 0 Å². The van der Waals surface area contributed by atoms with Gasteiger partial charge in [0.05, 0.1) is 29.5 Å². The van der Waals surface area contributed by atoms with Crippen molar-refractivity contribution in [1.82, 2.24) is 24.8 Å². The van der Waals surface area contributed by atoms with Gasteiger partial charge in [0.1, 0.15) is 11.5 Å². The second-order valence-electron chi connectivity index (χ2n) is 6.21. The average molecular weight is 353 g/mol. The molecule has 26 heavy (non-hydrogen) atoms. The van der Waals surface area contributed by atoms with E-state index >= 15 is 0 Å². The van der Waals surface area contributed by atoms with Gasteiger partial charge in [-0.1, -0.05) is 12.1 Å². The van der Waals surface area contributed by atoms with Gasteiger partial charge in [-0.25, -0.2) is 19.7 Å². The first-order chi connectivity index (χ1) is 12.4. The highest BCUT2D eigenvalue weighted by molar-refractivity contribution is 5.93. The van der Waals surface area contributed by atoms with Crippen molar-refractivity contribution in [1.29, 1.82) is 0 Å². The molecule has 0 spiro atoms. The molecule has 3 rings (SSSR count). The summed E-state index contributed by atoms with van der Waals surface area (Å²) in [5.41, 5.74) is 1.71. The Kier molecular flexibility index (Phi) is 4.66. The highest BCUT2D eigenvalue weighted by atomic mass is 16.4. The largest absolute Gasteiger partial charge is 0.476 e. The molecule has 0 radical (unpaired) electrons. The average Bonchev–Trinajstić information content (AvgIpc) is 3.01. The van der Waals surface area contributed by atoms with Gasteiger partial charge in [-0.05, 0) is 32.9 Å². The number of imidazole rings is 1. The minimum atomic E-state index is -1.19. The molecule has 0 saturated carbocycles. The number of para-hydroxylation sites is 2. The van der Waals surface area contributed by atoms with Crippen LogP contribution in [-0.4, -0.2) is 36.5 Å². The molecule has 0 saturated heterocycles. The maximum Gasteiger partial charge on any atom is 0.356 e. The molecule has 0 bridgehead atoms.